The van der Waals surface area contributed by atoms with Crippen molar-refractivity contribution in [3.05, 3.63) is 58.9 Å². The summed E-state index contributed by atoms with van der Waals surface area (Å²) in [5.74, 6) is 0. The molecule has 0 radical (unpaired) electrons. The van der Waals surface area contributed by atoms with Gasteiger partial charge in [-0.15, -0.1) is 0 Å². The minimum atomic E-state index is 0.591. The van der Waals surface area contributed by atoms with Crippen LogP contribution in [-0.4, -0.2) is 28.8 Å². The third kappa shape index (κ3) is 4.05. The van der Waals surface area contributed by atoms with E-state index >= 15 is 0 Å². The standard InChI is InChI=1S/C16H17ClN4O/c1-12(11-22)8-16(13-4-6-14(17)7-5-13)19-21(3)15-9-18-20(2)10-15/h4-11H,1-3H3/b12-8-,19-16+. The fraction of sp³-hybridized carbons (Fsp3) is 0.188. The van der Waals surface area contributed by atoms with Gasteiger partial charge in [-0.05, 0) is 30.7 Å². The van der Waals surface area contributed by atoms with Crippen molar-refractivity contribution in [2.45, 2.75) is 6.92 Å². The number of aromatic nitrogens is 2. The lowest BCUT2D eigenvalue weighted by Crippen LogP contribution is -2.13. The smallest absolute Gasteiger partial charge is 0.145 e. The minimum Gasteiger partial charge on any atom is -0.298 e. The number of benzene rings is 1. The molecule has 0 N–H and O–H groups in total. The molecule has 5 nitrogen and oxygen atoms in total. The van der Waals surface area contributed by atoms with E-state index in [0.29, 0.717) is 16.3 Å². The Morgan fingerprint density at radius 1 is 1.36 bits per heavy atom. The van der Waals surface area contributed by atoms with Gasteiger partial charge in [0.2, 0.25) is 0 Å². The van der Waals surface area contributed by atoms with Crippen molar-refractivity contribution in [1.82, 2.24) is 9.78 Å². The first-order valence-corrected chi connectivity index (χ1v) is 7.08. The predicted molar refractivity (Wildman–Crippen MR) is 89.4 cm³/mol. The summed E-state index contributed by atoms with van der Waals surface area (Å²) in [4.78, 5) is 10.9. The number of halogens is 1. The molecule has 2 rings (SSSR count). The van der Waals surface area contributed by atoms with Crippen LogP contribution in [0.4, 0.5) is 5.69 Å². The van der Waals surface area contributed by atoms with E-state index in [-0.39, 0.29) is 0 Å². The zero-order valence-electron chi connectivity index (χ0n) is 12.7. The Bertz CT molecular complexity index is 716. The summed E-state index contributed by atoms with van der Waals surface area (Å²) < 4.78 is 1.70. The Kier molecular flexibility index (Phi) is 5.12. The first-order chi connectivity index (χ1) is 10.5. The van der Waals surface area contributed by atoms with E-state index in [1.165, 1.54) is 0 Å². The second-order valence-electron chi connectivity index (χ2n) is 4.89. The molecule has 114 valence electrons. The fourth-order valence-electron chi connectivity index (χ4n) is 1.84. The fourth-order valence-corrected chi connectivity index (χ4v) is 1.96. The van der Waals surface area contributed by atoms with Crippen LogP contribution >= 0.6 is 11.6 Å². The van der Waals surface area contributed by atoms with Crippen molar-refractivity contribution < 1.29 is 4.79 Å². The summed E-state index contributed by atoms with van der Waals surface area (Å²) in [5.41, 5.74) is 2.99. The summed E-state index contributed by atoms with van der Waals surface area (Å²) in [6.45, 7) is 1.74. The molecule has 0 atom stereocenters. The molecule has 0 amide bonds. The Hall–Kier alpha value is -2.40. The maximum absolute atomic E-state index is 10.9. The molecular formula is C16H17ClN4O. The molecule has 1 aromatic heterocycles. The van der Waals surface area contributed by atoms with Crippen molar-refractivity contribution in [3.63, 3.8) is 0 Å². The molecule has 0 bridgehead atoms. The summed E-state index contributed by atoms with van der Waals surface area (Å²) in [6.07, 6.45) is 6.12. The highest BCUT2D eigenvalue weighted by molar-refractivity contribution is 6.30. The van der Waals surface area contributed by atoms with E-state index in [9.17, 15) is 4.79 Å². The average Bonchev–Trinajstić information content (AvgIpc) is 2.94. The molecule has 0 fully saturated rings. The van der Waals surface area contributed by atoms with Gasteiger partial charge in [-0.3, -0.25) is 14.5 Å². The van der Waals surface area contributed by atoms with Gasteiger partial charge in [0.25, 0.3) is 0 Å². The minimum absolute atomic E-state index is 0.591. The molecule has 0 aliphatic heterocycles. The van der Waals surface area contributed by atoms with Crippen molar-refractivity contribution >= 4 is 29.3 Å². The van der Waals surface area contributed by atoms with Crippen LogP contribution in [0.15, 0.2) is 53.4 Å². The molecule has 1 heterocycles. The highest BCUT2D eigenvalue weighted by Crippen LogP contribution is 2.15. The maximum atomic E-state index is 10.9. The monoisotopic (exact) mass is 316 g/mol. The number of allylic oxidation sites excluding steroid dienone is 2. The second-order valence-corrected chi connectivity index (χ2v) is 5.33. The number of aryl methyl sites for hydroxylation is 1. The largest absolute Gasteiger partial charge is 0.298 e. The van der Waals surface area contributed by atoms with Crippen LogP contribution in [0.3, 0.4) is 0 Å². The zero-order valence-corrected chi connectivity index (χ0v) is 13.4. The van der Waals surface area contributed by atoms with Crippen molar-refractivity contribution in [2.75, 3.05) is 12.1 Å². The van der Waals surface area contributed by atoms with Gasteiger partial charge in [-0.25, -0.2) is 0 Å². The summed E-state index contributed by atoms with van der Waals surface area (Å²) in [6, 6.07) is 7.32. The highest BCUT2D eigenvalue weighted by atomic mass is 35.5. The number of rotatable bonds is 5. The lowest BCUT2D eigenvalue weighted by Gasteiger charge is -2.12. The Labute approximate surface area is 134 Å². The Morgan fingerprint density at radius 3 is 2.59 bits per heavy atom. The number of hydrazone groups is 1. The van der Waals surface area contributed by atoms with Gasteiger partial charge >= 0.3 is 0 Å². The van der Waals surface area contributed by atoms with Crippen molar-refractivity contribution in [3.8, 4) is 0 Å². The van der Waals surface area contributed by atoms with E-state index in [1.54, 1.807) is 41.0 Å². The molecular weight excluding hydrogens is 300 g/mol. The Morgan fingerprint density at radius 2 is 2.05 bits per heavy atom. The number of anilines is 1. The van der Waals surface area contributed by atoms with Crippen LogP contribution in [0.25, 0.3) is 0 Å². The van der Waals surface area contributed by atoms with Crippen LogP contribution in [0.5, 0.6) is 0 Å². The van der Waals surface area contributed by atoms with Gasteiger partial charge in [0, 0.05) is 30.9 Å². The number of carbonyl (C=O) groups is 1. The van der Waals surface area contributed by atoms with E-state index < -0.39 is 0 Å². The molecule has 0 saturated carbocycles. The lowest BCUT2D eigenvalue weighted by atomic mass is 10.1. The van der Waals surface area contributed by atoms with Gasteiger partial charge in [0.1, 0.15) is 6.29 Å². The molecule has 2 aromatic rings. The topological polar surface area (TPSA) is 50.5 Å². The summed E-state index contributed by atoms with van der Waals surface area (Å²) >= 11 is 5.92. The first kappa shape index (κ1) is 16.0. The van der Waals surface area contributed by atoms with Crippen molar-refractivity contribution in [1.29, 1.82) is 0 Å². The highest BCUT2D eigenvalue weighted by Gasteiger charge is 2.06. The van der Waals surface area contributed by atoms with E-state index in [2.05, 4.69) is 10.2 Å². The second kappa shape index (κ2) is 7.04. The van der Waals surface area contributed by atoms with Gasteiger partial charge < -0.3 is 0 Å². The normalized spacial score (nSPS) is 12.4. The van der Waals surface area contributed by atoms with Crippen LogP contribution in [0.2, 0.25) is 5.02 Å². The molecule has 22 heavy (non-hydrogen) atoms. The van der Waals surface area contributed by atoms with Crippen LogP contribution in [-0.2, 0) is 11.8 Å². The molecule has 0 aliphatic rings. The zero-order chi connectivity index (χ0) is 16.1. The molecule has 0 saturated heterocycles. The number of aldehydes is 1. The third-order valence-corrected chi connectivity index (χ3v) is 3.26. The first-order valence-electron chi connectivity index (χ1n) is 6.70. The third-order valence-electron chi connectivity index (χ3n) is 3.01. The Balaban J connectivity index is 2.41. The summed E-state index contributed by atoms with van der Waals surface area (Å²) in [5, 5.41) is 11.1. The van der Waals surface area contributed by atoms with E-state index in [4.69, 9.17) is 11.6 Å². The predicted octanol–water partition coefficient (Wildman–Crippen LogP) is 3.06. The molecule has 0 aliphatic carbocycles. The van der Waals surface area contributed by atoms with Gasteiger partial charge in [0.05, 0.1) is 17.6 Å². The summed E-state index contributed by atoms with van der Waals surface area (Å²) in [7, 11) is 3.68. The quantitative estimate of drug-likeness (QED) is 0.369. The SMILES string of the molecule is C/C(C=O)=C/C(=N\N(C)c1cnn(C)c1)c1ccc(Cl)cc1. The number of carbonyl (C=O) groups excluding carboxylic acids is 1. The molecule has 1 aromatic carbocycles. The number of nitrogens with zero attached hydrogens (tertiary/aromatic N) is 4. The molecule has 0 spiro atoms. The van der Waals surface area contributed by atoms with Crippen LogP contribution < -0.4 is 5.01 Å². The van der Waals surface area contributed by atoms with Crippen LogP contribution in [0.1, 0.15) is 12.5 Å². The van der Waals surface area contributed by atoms with Gasteiger partial charge in [-0.1, -0.05) is 23.7 Å². The molecule has 6 heteroatoms. The number of hydrogen-bond acceptors (Lipinski definition) is 4. The van der Waals surface area contributed by atoms with Crippen LogP contribution in [0, 0.1) is 0 Å². The maximum Gasteiger partial charge on any atom is 0.145 e. The van der Waals surface area contributed by atoms with E-state index in [1.807, 2.05) is 32.4 Å². The van der Waals surface area contributed by atoms with E-state index in [0.717, 1.165) is 17.5 Å². The number of hydrogen-bond donors (Lipinski definition) is 0. The van der Waals surface area contributed by atoms with Crippen molar-refractivity contribution in [2.24, 2.45) is 12.1 Å². The average molecular weight is 317 g/mol. The van der Waals surface area contributed by atoms with Gasteiger partial charge in [-0.2, -0.15) is 10.2 Å². The lowest BCUT2D eigenvalue weighted by molar-refractivity contribution is -0.104. The van der Waals surface area contributed by atoms with Gasteiger partial charge in [0.15, 0.2) is 0 Å². The molecule has 0 unspecified atom stereocenters.